The van der Waals surface area contributed by atoms with E-state index in [4.69, 9.17) is 5.11 Å². The fraction of sp³-hybridized carbons (Fsp3) is 0. The minimum absolute atomic E-state index is 0.118. The van der Waals surface area contributed by atoms with Crippen LogP contribution in [-0.2, 0) is 0 Å². The van der Waals surface area contributed by atoms with Gasteiger partial charge in [-0.3, -0.25) is 4.79 Å². The van der Waals surface area contributed by atoms with Gasteiger partial charge < -0.3 is 5.11 Å². The molecule has 0 bridgehead atoms. The van der Waals surface area contributed by atoms with E-state index < -0.39 is 11.1 Å². The molecular formula is C5H3NO3S2. The van der Waals surface area contributed by atoms with Gasteiger partial charge in [0.05, 0.1) is 0 Å². The molecule has 0 atom stereocenters. The fourth-order valence-corrected chi connectivity index (χ4v) is 1.23. The van der Waals surface area contributed by atoms with Crippen LogP contribution in [0.1, 0.15) is 20.2 Å². The zero-order valence-corrected chi connectivity index (χ0v) is 6.85. The van der Waals surface area contributed by atoms with Gasteiger partial charge in [-0.05, 0) is 17.6 Å². The topological polar surface area (TPSA) is 67.3 Å². The molecule has 1 heterocycles. The highest BCUT2D eigenvalue weighted by molar-refractivity contribution is 7.97. The molecule has 0 saturated heterocycles. The molecule has 6 heteroatoms. The van der Waals surface area contributed by atoms with Gasteiger partial charge in [0.25, 0.3) is 0 Å². The Hall–Kier alpha value is -0.880. The van der Waals surface area contributed by atoms with Gasteiger partial charge in [-0.25, -0.2) is 4.79 Å². The van der Waals surface area contributed by atoms with Crippen LogP contribution in [0.2, 0.25) is 0 Å². The zero-order valence-electron chi connectivity index (χ0n) is 5.14. The summed E-state index contributed by atoms with van der Waals surface area (Å²) in [5.74, 6) is -1.14. The third-order valence-corrected chi connectivity index (χ3v) is 2.12. The molecule has 58 valence electrons. The fourth-order valence-electron chi connectivity index (χ4n) is 0.477. The van der Waals surface area contributed by atoms with Crippen molar-refractivity contribution in [2.45, 2.75) is 0 Å². The Balaban J connectivity index is 2.99. The van der Waals surface area contributed by atoms with Crippen LogP contribution in [0.15, 0.2) is 6.07 Å². The Morgan fingerprint density at radius 1 is 1.64 bits per heavy atom. The summed E-state index contributed by atoms with van der Waals surface area (Å²) in [4.78, 5) is 21.0. The van der Waals surface area contributed by atoms with E-state index in [1.54, 1.807) is 0 Å². The smallest absolute Gasteiger partial charge is 0.355 e. The van der Waals surface area contributed by atoms with Crippen molar-refractivity contribution in [1.29, 1.82) is 0 Å². The van der Waals surface area contributed by atoms with Crippen molar-refractivity contribution < 1.29 is 14.7 Å². The maximum absolute atomic E-state index is 10.5. The molecule has 0 fully saturated rings. The summed E-state index contributed by atoms with van der Waals surface area (Å²) in [7, 11) is 0. The molecule has 0 saturated carbocycles. The lowest BCUT2D eigenvalue weighted by molar-refractivity contribution is 0.0692. The minimum atomic E-state index is -1.14. The zero-order chi connectivity index (χ0) is 8.43. The van der Waals surface area contributed by atoms with E-state index >= 15 is 0 Å². The van der Waals surface area contributed by atoms with Crippen LogP contribution >= 0.6 is 24.2 Å². The number of hydrogen-bond acceptors (Lipinski definition) is 4. The number of carboxylic acids is 1. The van der Waals surface area contributed by atoms with Gasteiger partial charge in [0.15, 0.2) is 5.69 Å². The van der Waals surface area contributed by atoms with Gasteiger partial charge in [-0.15, -0.1) is 0 Å². The predicted molar refractivity (Wildman–Crippen MR) is 42.4 cm³/mol. The standard InChI is InChI=1S/C5H3NO3S2/c7-4(8)2-1-3(5(9)10)11-6-2/h1H,(H,7,8)(H,9,10). The SMILES string of the molecule is O=C(O)c1cc(C(=O)S)sn1. The number of aromatic nitrogens is 1. The maximum atomic E-state index is 10.5. The van der Waals surface area contributed by atoms with Gasteiger partial charge in [0.1, 0.15) is 4.88 Å². The van der Waals surface area contributed by atoms with E-state index in [1.165, 1.54) is 6.07 Å². The number of hydrogen-bond donors (Lipinski definition) is 2. The van der Waals surface area contributed by atoms with E-state index in [9.17, 15) is 9.59 Å². The number of nitrogens with zero attached hydrogens (tertiary/aromatic N) is 1. The molecule has 1 N–H and O–H groups in total. The molecule has 0 spiro atoms. The number of carboxylic acid groups (broad SMARTS) is 1. The van der Waals surface area contributed by atoms with Crippen molar-refractivity contribution in [2.75, 3.05) is 0 Å². The van der Waals surface area contributed by atoms with Gasteiger partial charge >= 0.3 is 5.97 Å². The Kier molecular flexibility index (Phi) is 2.25. The summed E-state index contributed by atoms with van der Waals surface area (Å²) in [5, 5.41) is 7.92. The van der Waals surface area contributed by atoms with Crippen molar-refractivity contribution in [1.82, 2.24) is 4.37 Å². The van der Waals surface area contributed by atoms with Crippen LogP contribution in [0.4, 0.5) is 0 Å². The average Bonchev–Trinajstić information content (AvgIpc) is 2.33. The first kappa shape index (κ1) is 8.22. The Bertz CT molecular complexity index is 278. The summed E-state index contributed by atoms with van der Waals surface area (Å²) < 4.78 is 3.51. The molecule has 0 aromatic carbocycles. The number of carbonyl (C=O) groups excluding carboxylic acids is 1. The maximum Gasteiger partial charge on any atom is 0.355 e. The largest absolute Gasteiger partial charge is 0.476 e. The predicted octanol–water partition coefficient (Wildman–Crippen LogP) is 0.911. The molecule has 1 aromatic rings. The van der Waals surface area contributed by atoms with Gasteiger partial charge in [0, 0.05) is 0 Å². The van der Waals surface area contributed by atoms with Crippen LogP contribution in [0.3, 0.4) is 0 Å². The lowest BCUT2D eigenvalue weighted by Crippen LogP contribution is -1.94. The van der Waals surface area contributed by atoms with Crippen molar-refractivity contribution in [3.8, 4) is 0 Å². The first-order chi connectivity index (χ1) is 5.11. The third-order valence-electron chi connectivity index (χ3n) is 0.940. The Morgan fingerprint density at radius 2 is 2.27 bits per heavy atom. The van der Waals surface area contributed by atoms with E-state index in [1.807, 2.05) is 0 Å². The van der Waals surface area contributed by atoms with E-state index in [0.29, 0.717) is 0 Å². The summed E-state index contributed by atoms with van der Waals surface area (Å²) >= 11 is 4.34. The average molecular weight is 189 g/mol. The normalized spacial score (nSPS) is 9.55. The number of thiol groups is 1. The highest BCUT2D eigenvalue weighted by atomic mass is 32.1. The van der Waals surface area contributed by atoms with Crippen LogP contribution in [-0.4, -0.2) is 20.6 Å². The van der Waals surface area contributed by atoms with Crippen molar-refractivity contribution >= 4 is 35.2 Å². The van der Waals surface area contributed by atoms with Crippen molar-refractivity contribution in [3.05, 3.63) is 16.6 Å². The quantitative estimate of drug-likeness (QED) is 0.678. The van der Waals surface area contributed by atoms with Crippen LogP contribution < -0.4 is 0 Å². The molecule has 0 aliphatic heterocycles. The number of aromatic carboxylic acids is 1. The van der Waals surface area contributed by atoms with Crippen LogP contribution in [0, 0.1) is 0 Å². The second kappa shape index (κ2) is 3.02. The summed E-state index contributed by atoms with van der Waals surface area (Å²) in [6, 6.07) is 1.20. The summed E-state index contributed by atoms with van der Waals surface area (Å²) in [5.41, 5.74) is -0.118. The van der Waals surface area contributed by atoms with Crippen LogP contribution in [0.25, 0.3) is 0 Å². The molecular weight excluding hydrogens is 186 g/mol. The highest BCUT2D eigenvalue weighted by Crippen LogP contribution is 2.11. The van der Waals surface area contributed by atoms with Crippen molar-refractivity contribution in [2.24, 2.45) is 0 Å². The monoisotopic (exact) mass is 189 g/mol. The highest BCUT2D eigenvalue weighted by Gasteiger charge is 2.11. The number of rotatable bonds is 2. The summed E-state index contributed by atoms with van der Waals surface area (Å²) in [6.45, 7) is 0. The lowest BCUT2D eigenvalue weighted by atomic mass is 10.4. The first-order valence-electron chi connectivity index (χ1n) is 2.54. The van der Waals surface area contributed by atoms with E-state index in [-0.39, 0.29) is 10.6 Å². The second-order valence-electron chi connectivity index (χ2n) is 1.69. The molecule has 4 nitrogen and oxygen atoms in total. The second-order valence-corrected chi connectivity index (χ2v) is 2.90. The molecule has 1 aromatic heterocycles. The molecule has 0 aliphatic rings. The lowest BCUT2D eigenvalue weighted by Gasteiger charge is -1.80. The van der Waals surface area contributed by atoms with Crippen molar-refractivity contribution in [3.63, 3.8) is 0 Å². The molecule has 0 amide bonds. The molecule has 1 rings (SSSR count). The Labute approximate surface area is 71.4 Å². The third kappa shape index (κ3) is 1.78. The van der Waals surface area contributed by atoms with E-state index in [2.05, 4.69) is 17.0 Å². The minimum Gasteiger partial charge on any atom is -0.476 e. The first-order valence-corrected chi connectivity index (χ1v) is 3.76. The van der Waals surface area contributed by atoms with Gasteiger partial charge in [-0.1, -0.05) is 12.6 Å². The summed E-state index contributed by atoms with van der Waals surface area (Å²) in [6.07, 6.45) is 0. The van der Waals surface area contributed by atoms with E-state index in [0.717, 1.165) is 11.5 Å². The Morgan fingerprint density at radius 3 is 2.55 bits per heavy atom. The molecule has 0 radical (unpaired) electrons. The van der Waals surface area contributed by atoms with Gasteiger partial charge in [0.2, 0.25) is 5.12 Å². The van der Waals surface area contributed by atoms with Crippen LogP contribution in [0.5, 0.6) is 0 Å². The number of carbonyl (C=O) groups is 2. The molecule has 0 unspecified atom stereocenters. The molecule has 0 aliphatic carbocycles. The molecule has 11 heavy (non-hydrogen) atoms. The van der Waals surface area contributed by atoms with Gasteiger partial charge in [-0.2, -0.15) is 4.37 Å².